The van der Waals surface area contributed by atoms with Crippen LogP contribution in [-0.2, 0) is 7.05 Å². The van der Waals surface area contributed by atoms with Crippen LogP contribution in [0.4, 0.5) is 5.69 Å². The first-order chi connectivity index (χ1) is 16.4. The molecule has 0 saturated heterocycles. The van der Waals surface area contributed by atoms with E-state index in [4.69, 9.17) is 9.47 Å². The molecule has 0 spiro atoms. The van der Waals surface area contributed by atoms with Crippen LogP contribution in [-0.4, -0.2) is 44.4 Å². The second-order valence-corrected chi connectivity index (χ2v) is 7.37. The number of aromatic nitrogens is 4. The second-order valence-electron chi connectivity index (χ2n) is 7.37. The van der Waals surface area contributed by atoms with Crippen molar-refractivity contribution in [2.24, 2.45) is 7.05 Å². The Hall–Kier alpha value is -4.67. The number of ether oxygens (including phenoxy) is 2. The van der Waals surface area contributed by atoms with Gasteiger partial charge in [0.15, 0.2) is 5.69 Å². The SMILES string of the molecule is COc1cc(OC)cc(C(NC(=O)c2ccn(-c3ccc([N+](=O)[O-])cc3)n2)c2nccn2C)c1. The number of carbonyl (C=O) groups is 1. The summed E-state index contributed by atoms with van der Waals surface area (Å²) in [4.78, 5) is 28.0. The Morgan fingerprint density at radius 1 is 1.06 bits per heavy atom. The Labute approximate surface area is 194 Å². The molecule has 4 rings (SSSR count). The van der Waals surface area contributed by atoms with Crippen LogP contribution in [0.5, 0.6) is 11.5 Å². The Morgan fingerprint density at radius 2 is 1.74 bits per heavy atom. The Bertz CT molecular complexity index is 1310. The zero-order valence-corrected chi connectivity index (χ0v) is 18.7. The first-order valence-corrected chi connectivity index (χ1v) is 10.2. The number of hydrogen-bond acceptors (Lipinski definition) is 7. The zero-order valence-electron chi connectivity index (χ0n) is 18.7. The molecule has 0 aliphatic heterocycles. The summed E-state index contributed by atoms with van der Waals surface area (Å²) in [5.41, 5.74) is 1.45. The molecule has 1 unspecified atom stereocenters. The minimum atomic E-state index is -0.610. The molecule has 0 aliphatic rings. The molecule has 0 saturated carbocycles. The molecule has 0 bridgehead atoms. The normalized spacial score (nSPS) is 11.6. The predicted octanol–water partition coefficient (Wildman–Crippen LogP) is 3.05. The minimum Gasteiger partial charge on any atom is -0.497 e. The third kappa shape index (κ3) is 4.58. The van der Waals surface area contributed by atoms with Gasteiger partial charge in [-0.1, -0.05) is 0 Å². The summed E-state index contributed by atoms with van der Waals surface area (Å²) in [7, 11) is 4.94. The van der Waals surface area contributed by atoms with Gasteiger partial charge in [0, 0.05) is 43.8 Å². The van der Waals surface area contributed by atoms with Gasteiger partial charge in [-0.15, -0.1) is 0 Å². The molecule has 0 aliphatic carbocycles. The molecule has 2 heterocycles. The number of nitro benzene ring substituents is 1. The lowest BCUT2D eigenvalue weighted by molar-refractivity contribution is -0.384. The quantitative estimate of drug-likeness (QED) is 0.315. The van der Waals surface area contributed by atoms with E-state index in [0.717, 1.165) is 0 Å². The van der Waals surface area contributed by atoms with E-state index >= 15 is 0 Å². The highest BCUT2D eigenvalue weighted by Gasteiger charge is 2.24. The van der Waals surface area contributed by atoms with Crippen molar-refractivity contribution in [3.05, 3.63) is 94.3 Å². The molecule has 0 radical (unpaired) electrons. The highest BCUT2D eigenvalue weighted by molar-refractivity contribution is 5.92. The Morgan fingerprint density at radius 3 is 2.29 bits per heavy atom. The molecule has 11 nitrogen and oxygen atoms in total. The van der Waals surface area contributed by atoms with Gasteiger partial charge in [0.2, 0.25) is 0 Å². The van der Waals surface area contributed by atoms with E-state index in [2.05, 4.69) is 15.4 Å². The molecule has 1 N–H and O–H groups in total. The topological polar surface area (TPSA) is 126 Å². The number of hydrogen-bond donors (Lipinski definition) is 1. The summed E-state index contributed by atoms with van der Waals surface area (Å²) in [5.74, 6) is 1.34. The average molecular weight is 462 g/mol. The van der Waals surface area contributed by atoms with E-state index in [1.165, 1.54) is 16.8 Å². The van der Waals surface area contributed by atoms with Crippen molar-refractivity contribution in [3.8, 4) is 17.2 Å². The van der Waals surface area contributed by atoms with E-state index in [9.17, 15) is 14.9 Å². The van der Waals surface area contributed by atoms with Crippen LogP contribution in [0.3, 0.4) is 0 Å². The van der Waals surface area contributed by atoms with Crippen molar-refractivity contribution in [1.29, 1.82) is 0 Å². The van der Waals surface area contributed by atoms with Gasteiger partial charge in [-0.3, -0.25) is 14.9 Å². The van der Waals surface area contributed by atoms with E-state index in [1.54, 1.807) is 69.2 Å². The van der Waals surface area contributed by atoms with Crippen molar-refractivity contribution in [2.75, 3.05) is 14.2 Å². The third-order valence-electron chi connectivity index (χ3n) is 5.25. The fourth-order valence-electron chi connectivity index (χ4n) is 3.47. The highest BCUT2D eigenvalue weighted by Crippen LogP contribution is 2.29. The molecule has 2 aromatic carbocycles. The van der Waals surface area contributed by atoms with Crippen LogP contribution in [0, 0.1) is 10.1 Å². The molecule has 174 valence electrons. The van der Waals surface area contributed by atoms with Gasteiger partial charge in [0.1, 0.15) is 23.4 Å². The van der Waals surface area contributed by atoms with E-state index in [-0.39, 0.29) is 11.4 Å². The van der Waals surface area contributed by atoms with Crippen LogP contribution in [0.15, 0.2) is 67.1 Å². The fraction of sp³-hybridized carbons (Fsp3) is 0.174. The Balaban J connectivity index is 1.64. The average Bonchev–Trinajstić information content (AvgIpc) is 3.51. The molecule has 0 fully saturated rings. The highest BCUT2D eigenvalue weighted by atomic mass is 16.6. The van der Waals surface area contributed by atoms with Crippen molar-refractivity contribution in [3.63, 3.8) is 0 Å². The van der Waals surface area contributed by atoms with Gasteiger partial charge in [0.05, 0.1) is 24.8 Å². The lowest BCUT2D eigenvalue weighted by Crippen LogP contribution is -2.31. The van der Waals surface area contributed by atoms with Gasteiger partial charge >= 0.3 is 0 Å². The number of carbonyl (C=O) groups excluding carboxylic acids is 1. The maximum Gasteiger partial charge on any atom is 0.272 e. The standard InChI is InChI=1S/C23H22N6O5/c1-27-11-9-24-22(27)21(15-12-18(33-2)14-19(13-15)34-3)25-23(30)20-8-10-28(26-20)16-4-6-17(7-5-16)29(31)32/h4-14,21H,1-3H3,(H,25,30). The predicted molar refractivity (Wildman–Crippen MR) is 122 cm³/mol. The summed E-state index contributed by atoms with van der Waals surface area (Å²) >= 11 is 0. The van der Waals surface area contributed by atoms with E-state index < -0.39 is 16.9 Å². The van der Waals surface area contributed by atoms with Crippen molar-refractivity contribution in [1.82, 2.24) is 24.6 Å². The number of benzene rings is 2. The molecule has 1 amide bonds. The minimum absolute atomic E-state index is 0.0273. The number of rotatable bonds is 8. The summed E-state index contributed by atoms with van der Waals surface area (Å²) in [5, 5.41) is 18.2. The number of amides is 1. The molecule has 2 aromatic heterocycles. The van der Waals surface area contributed by atoms with Gasteiger partial charge in [-0.05, 0) is 35.9 Å². The van der Waals surface area contributed by atoms with Gasteiger partial charge in [0.25, 0.3) is 11.6 Å². The van der Waals surface area contributed by atoms with Crippen molar-refractivity contribution < 1.29 is 19.2 Å². The lowest BCUT2D eigenvalue weighted by atomic mass is 10.0. The first kappa shape index (κ1) is 22.5. The molecular weight excluding hydrogens is 440 g/mol. The smallest absolute Gasteiger partial charge is 0.272 e. The second kappa shape index (κ2) is 9.45. The molecule has 1 atom stereocenters. The van der Waals surface area contributed by atoms with E-state index in [0.29, 0.717) is 28.6 Å². The summed E-state index contributed by atoms with van der Waals surface area (Å²) in [6.45, 7) is 0. The summed E-state index contributed by atoms with van der Waals surface area (Å²) in [6, 6.07) is 12.2. The largest absolute Gasteiger partial charge is 0.497 e. The number of aryl methyl sites for hydroxylation is 1. The van der Waals surface area contributed by atoms with Crippen molar-refractivity contribution >= 4 is 11.6 Å². The van der Waals surface area contributed by atoms with E-state index in [1.807, 2.05) is 11.6 Å². The van der Waals surface area contributed by atoms with Crippen molar-refractivity contribution in [2.45, 2.75) is 6.04 Å². The van der Waals surface area contributed by atoms with Crippen LogP contribution < -0.4 is 14.8 Å². The van der Waals surface area contributed by atoms with Gasteiger partial charge in [-0.2, -0.15) is 5.10 Å². The fourth-order valence-corrected chi connectivity index (χ4v) is 3.47. The zero-order chi connectivity index (χ0) is 24.2. The number of non-ortho nitro benzene ring substituents is 1. The molecular formula is C23H22N6O5. The Kier molecular flexibility index (Phi) is 6.26. The third-order valence-corrected chi connectivity index (χ3v) is 5.25. The summed E-state index contributed by atoms with van der Waals surface area (Å²) in [6.07, 6.45) is 5.05. The number of nitrogens with zero attached hydrogens (tertiary/aromatic N) is 5. The van der Waals surface area contributed by atoms with Crippen LogP contribution >= 0.6 is 0 Å². The van der Waals surface area contributed by atoms with Crippen LogP contribution in [0.25, 0.3) is 5.69 Å². The van der Waals surface area contributed by atoms with Crippen LogP contribution in [0.2, 0.25) is 0 Å². The van der Waals surface area contributed by atoms with Gasteiger partial charge in [-0.25, -0.2) is 9.67 Å². The van der Waals surface area contributed by atoms with Gasteiger partial charge < -0.3 is 19.4 Å². The number of imidazole rings is 1. The maximum absolute atomic E-state index is 13.2. The lowest BCUT2D eigenvalue weighted by Gasteiger charge is -2.20. The maximum atomic E-state index is 13.2. The molecule has 11 heteroatoms. The monoisotopic (exact) mass is 462 g/mol. The first-order valence-electron chi connectivity index (χ1n) is 10.2. The summed E-state index contributed by atoms with van der Waals surface area (Å²) < 4.78 is 14.1. The number of methoxy groups -OCH3 is 2. The number of nitrogens with one attached hydrogen (secondary N) is 1. The molecule has 4 aromatic rings. The molecule has 34 heavy (non-hydrogen) atoms. The van der Waals surface area contributed by atoms with Crippen LogP contribution in [0.1, 0.15) is 27.9 Å². The number of nitro groups is 1.